The SMILES string of the molecule is CCCCC[C@H]1C(=O)N[C@@H](CC(C)C)C(=O)N[C@H](C(=O)NCC(N)=O)CCNCC(=O)N[C@@H](Cc2ccc(O)cc2)C(=O)N(C)[C@@H](C)C(=O)NC(CC(N)=O)C(=O)N2CCC[C@H]2C(=O)N[C@@H](Cc2cnc[nH]2)C(=O)N[C@@H](CCC(N)=O)C(=O)N2C[C@H](O)C[C@H]2C(=O)N[C@@H](Cc2c[nH]c3ccccc23)C(=O)NCC(=O)N[C@@H](Cc2c[nH]c3ccccc23)C(=O)N(C)[C@@H](CCCC)C(=O)N1C. The lowest BCUT2D eigenvalue weighted by molar-refractivity contribution is -0.149. The Labute approximate surface area is 774 Å². The molecule has 3 aliphatic rings. The van der Waals surface area contributed by atoms with Crippen LogP contribution in [0.25, 0.3) is 21.8 Å². The summed E-state index contributed by atoms with van der Waals surface area (Å²) in [5, 5.41) is 52.3. The predicted octanol–water partition coefficient (Wildman–Crippen LogP) is -2.65. The molecule has 18 amide bonds. The van der Waals surface area contributed by atoms with Crippen LogP contribution in [0.3, 0.4) is 0 Å². The average Bonchev–Trinajstić information content (AvgIpc) is 1.49. The first-order chi connectivity index (χ1) is 63.8. The monoisotopic (exact) mass is 1860 g/mol. The summed E-state index contributed by atoms with van der Waals surface area (Å²) in [4.78, 5) is 280. The fourth-order valence-corrected chi connectivity index (χ4v) is 16.8. The van der Waals surface area contributed by atoms with Crippen LogP contribution in [0.1, 0.15) is 153 Å². The summed E-state index contributed by atoms with van der Waals surface area (Å²) in [7, 11) is 4.02. The molecule has 6 heterocycles. The molecule has 6 aromatic rings. The van der Waals surface area contributed by atoms with Crippen molar-refractivity contribution in [1.29, 1.82) is 0 Å². The van der Waals surface area contributed by atoms with Gasteiger partial charge in [0.2, 0.25) is 106 Å². The number of nitrogens with zero attached hydrogens (tertiary/aromatic N) is 6. The van der Waals surface area contributed by atoms with Crippen LogP contribution in [0.15, 0.2) is 97.7 Å². The number of aliphatic hydroxyl groups excluding tert-OH is 1. The number of unbranched alkanes of at least 4 members (excludes halogenated alkanes) is 3. The van der Waals surface area contributed by atoms with Gasteiger partial charge in [0.1, 0.15) is 84.3 Å². The van der Waals surface area contributed by atoms with Gasteiger partial charge in [-0.3, -0.25) is 86.3 Å². The normalized spacial score (nSPS) is 24.4. The molecular formula is C91H127N23O20. The molecule has 9 rings (SSSR count). The van der Waals surface area contributed by atoms with Gasteiger partial charge < -0.3 is 125 Å². The molecule has 3 aliphatic heterocycles. The number of amides is 18. The first kappa shape index (κ1) is 104. The van der Waals surface area contributed by atoms with Crippen LogP contribution in [-0.2, 0) is 112 Å². The number of phenolic OH excluding ortho intramolecular Hbond substituents is 1. The van der Waals surface area contributed by atoms with E-state index in [1.54, 1.807) is 74.8 Å². The molecule has 3 fully saturated rings. The second kappa shape index (κ2) is 49.6. The molecule has 726 valence electrons. The summed E-state index contributed by atoms with van der Waals surface area (Å²) in [6, 6.07) is 0.136. The van der Waals surface area contributed by atoms with E-state index in [1.807, 2.05) is 13.8 Å². The summed E-state index contributed by atoms with van der Waals surface area (Å²) < 4.78 is 0. The van der Waals surface area contributed by atoms with E-state index >= 15 is 33.6 Å². The first-order valence-electron chi connectivity index (χ1n) is 45.3. The highest BCUT2D eigenvalue weighted by atomic mass is 16.3. The van der Waals surface area contributed by atoms with E-state index in [1.165, 1.54) is 74.7 Å². The maximum atomic E-state index is 15.6. The summed E-state index contributed by atoms with van der Waals surface area (Å²) >= 11 is 0. The summed E-state index contributed by atoms with van der Waals surface area (Å²) in [5.74, 6) is -16.9. The van der Waals surface area contributed by atoms with E-state index in [9.17, 15) is 63.0 Å². The number of benzene rings is 3. The van der Waals surface area contributed by atoms with Gasteiger partial charge in [0, 0.05) is 119 Å². The zero-order valence-electron chi connectivity index (χ0n) is 76.7. The number of aliphatic hydroxyl groups is 1. The molecule has 1 unspecified atom stereocenters. The number of nitrogens with two attached hydrogens (primary N) is 3. The van der Waals surface area contributed by atoms with Gasteiger partial charge in [0.25, 0.3) is 0 Å². The third-order valence-electron chi connectivity index (χ3n) is 24.3. The van der Waals surface area contributed by atoms with Crippen molar-refractivity contribution in [3.05, 3.63) is 120 Å². The molecule has 0 spiro atoms. The molecule has 0 bridgehead atoms. The lowest BCUT2D eigenvalue weighted by Crippen LogP contribution is -2.60. The minimum absolute atomic E-state index is 0.0222. The van der Waals surface area contributed by atoms with Gasteiger partial charge in [-0.15, -0.1) is 0 Å². The van der Waals surface area contributed by atoms with Crippen molar-refractivity contribution < 1.29 is 96.5 Å². The van der Waals surface area contributed by atoms with Crippen molar-refractivity contribution in [3.8, 4) is 5.75 Å². The van der Waals surface area contributed by atoms with Crippen molar-refractivity contribution in [2.45, 2.75) is 241 Å². The van der Waals surface area contributed by atoms with Gasteiger partial charge in [-0.05, 0) is 105 Å². The van der Waals surface area contributed by atoms with E-state index < -0.39 is 243 Å². The van der Waals surface area contributed by atoms with E-state index in [-0.39, 0.29) is 94.7 Å². The topological polar surface area (TPSA) is 635 Å². The van der Waals surface area contributed by atoms with Crippen molar-refractivity contribution in [2.75, 3.05) is 60.4 Å². The van der Waals surface area contributed by atoms with E-state index in [2.05, 4.69) is 78.4 Å². The number of carbonyl (C=O) groups is 18. The van der Waals surface area contributed by atoms with Gasteiger partial charge in [-0.25, -0.2) is 4.98 Å². The van der Waals surface area contributed by atoms with Gasteiger partial charge in [0.05, 0.1) is 38.5 Å². The van der Waals surface area contributed by atoms with Gasteiger partial charge >= 0.3 is 0 Å². The van der Waals surface area contributed by atoms with Crippen LogP contribution < -0.4 is 75.7 Å². The number of hydrogen-bond acceptors (Lipinski definition) is 22. The number of fused-ring (bicyclic) bond motifs is 4. The van der Waals surface area contributed by atoms with Gasteiger partial charge in [-0.2, -0.15) is 0 Å². The Bertz CT molecular complexity index is 5180. The number of aromatic hydroxyl groups is 1. The Hall–Kier alpha value is -13.9. The predicted molar refractivity (Wildman–Crippen MR) is 488 cm³/mol. The summed E-state index contributed by atoms with van der Waals surface area (Å²) in [5.41, 5.74) is 19.9. The highest BCUT2D eigenvalue weighted by Crippen LogP contribution is 2.28. The minimum Gasteiger partial charge on any atom is -0.508 e. The zero-order chi connectivity index (χ0) is 97.7. The molecule has 43 nitrogen and oxygen atoms in total. The maximum Gasteiger partial charge on any atom is 0.246 e. The van der Waals surface area contributed by atoms with Gasteiger partial charge in [0.15, 0.2) is 0 Å². The first-order valence-corrected chi connectivity index (χ1v) is 45.3. The smallest absolute Gasteiger partial charge is 0.246 e. The minimum atomic E-state index is -1.79. The Morgan fingerprint density at radius 3 is 1.69 bits per heavy atom. The molecule has 3 aromatic carbocycles. The fraction of sp³-hybridized carbons (Fsp3) is 0.527. The van der Waals surface area contributed by atoms with Crippen LogP contribution in [0.5, 0.6) is 5.75 Å². The number of nitrogens with one attached hydrogen (secondary N) is 14. The Morgan fingerprint density at radius 2 is 1.08 bits per heavy atom. The van der Waals surface area contributed by atoms with Crippen LogP contribution in [0, 0.1) is 5.92 Å². The molecule has 0 radical (unpaired) electrons. The number of carbonyl (C=O) groups excluding carboxylic acids is 18. The third-order valence-corrected chi connectivity index (χ3v) is 24.3. The number of phenols is 1. The average molecular weight is 1860 g/mol. The molecule has 43 heteroatoms. The number of likely N-dealkylation sites (N-methyl/N-ethyl adjacent to an activating group) is 3. The lowest BCUT2D eigenvalue weighted by atomic mass is 9.99. The Balaban J connectivity index is 1.08. The number of aromatic amines is 3. The van der Waals surface area contributed by atoms with Crippen LogP contribution >= 0.6 is 0 Å². The number of rotatable bonds is 25. The second-order valence-corrected chi connectivity index (χ2v) is 34.8. The van der Waals surface area contributed by atoms with Crippen molar-refractivity contribution >= 4 is 128 Å². The summed E-state index contributed by atoms with van der Waals surface area (Å²) in [6.45, 7) is 5.69. The van der Waals surface area contributed by atoms with Gasteiger partial charge in [-0.1, -0.05) is 108 Å². The van der Waals surface area contributed by atoms with Crippen molar-refractivity contribution in [1.82, 2.24) is 103 Å². The van der Waals surface area contributed by atoms with Crippen molar-refractivity contribution in [2.24, 2.45) is 23.1 Å². The molecule has 0 aliphatic carbocycles. The lowest BCUT2D eigenvalue weighted by Gasteiger charge is -2.36. The van der Waals surface area contributed by atoms with E-state index in [0.717, 1.165) is 14.7 Å². The molecule has 3 saturated heterocycles. The third kappa shape index (κ3) is 29.1. The molecule has 22 N–H and O–H groups in total. The number of imidazole rings is 1. The van der Waals surface area contributed by atoms with Crippen LogP contribution in [0.4, 0.5) is 0 Å². The molecule has 3 aromatic heterocycles. The van der Waals surface area contributed by atoms with E-state index in [0.29, 0.717) is 70.6 Å². The Kier molecular flexibility index (Phi) is 38.4. The number of para-hydroxylation sites is 2. The number of H-pyrrole nitrogens is 3. The second-order valence-electron chi connectivity index (χ2n) is 34.8. The maximum absolute atomic E-state index is 15.6. The van der Waals surface area contributed by atoms with Crippen molar-refractivity contribution in [3.63, 3.8) is 0 Å². The molecule has 134 heavy (non-hydrogen) atoms. The molecule has 0 saturated carbocycles. The standard InChI is InChI=1S/C91H127N23O20/c1-9-11-13-24-70-84(127)106-64(35-50(3)4)82(125)104-62(80(123)99-45-76(94)119)32-33-95-46-77(120)102-67(36-52-26-28-56(115)29-27-52)87(130)110(6)51(5)79(122)109-69(41-75(93)118)90(133)113-34-18-25-71(113)85(128)108-66(39-55-44-96-49-101-55)83(126)105-63(30-31-74(92)117)89(132)114-48-57(116)40-73(114)86(129)107-65(37-53-42-97-60-21-16-14-19-58(53)60)81(124)100-47-78(121)103-68(38-54-43-98-61-22-17-15-20-59(54)61)88(131)112(8)72(23-12-10-2)91(134)111(70)7/h14-17,19-22,26-29,42-44,49-51,57,62-73,95,97-98,115-116H,9-13,18,23-25,30-41,45-48H2,1-8H3,(H2,92,117)(H2,93,118)(H2,94,119)(H,96,101)(H,99,123)(H,100,124)(H,102,120)(H,103,121)(H,104,125)(H,105,126)(H,106,127)(H,107,129)(H,108,128)(H,109,122)/t51-,57+,62-,63-,64-,65-,66-,67-,68-,69?,70-,71-,72-,73-/m0/s1. The quantitative estimate of drug-likeness (QED) is 0.0260. The largest absolute Gasteiger partial charge is 0.508 e. The van der Waals surface area contributed by atoms with Crippen LogP contribution in [-0.4, -0.2) is 306 Å². The van der Waals surface area contributed by atoms with Crippen LogP contribution in [0.2, 0.25) is 0 Å². The highest BCUT2D eigenvalue weighted by Gasteiger charge is 2.46. The number of aromatic nitrogens is 4. The number of primary amides is 3. The highest BCUT2D eigenvalue weighted by molar-refractivity contribution is 6.02. The fourth-order valence-electron chi connectivity index (χ4n) is 16.8. The zero-order valence-corrected chi connectivity index (χ0v) is 76.7. The summed E-state index contributed by atoms with van der Waals surface area (Å²) in [6.07, 6.45) is 3.64. The Morgan fingerprint density at radius 1 is 0.522 bits per heavy atom. The molecule has 14 atom stereocenters. The number of hydrogen-bond donors (Lipinski definition) is 19. The molecular weight excluding hydrogens is 1740 g/mol. The van der Waals surface area contributed by atoms with E-state index in [4.69, 9.17) is 17.2 Å².